The van der Waals surface area contributed by atoms with Crippen LogP contribution in [0.25, 0.3) is 5.69 Å². The van der Waals surface area contributed by atoms with E-state index in [0.29, 0.717) is 45.4 Å². The third-order valence-electron chi connectivity index (χ3n) is 5.18. The zero-order chi connectivity index (χ0) is 23.8. The van der Waals surface area contributed by atoms with Crippen molar-refractivity contribution >= 4 is 35.0 Å². The molecule has 1 unspecified atom stereocenters. The van der Waals surface area contributed by atoms with Crippen LogP contribution in [-0.4, -0.2) is 21.1 Å². The van der Waals surface area contributed by atoms with Crippen molar-refractivity contribution in [2.75, 3.05) is 0 Å². The van der Waals surface area contributed by atoms with Crippen molar-refractivity contribution in [1.82, 2.24) is 14.8 Å². The molecule has 0 N–H and O–H groups in total. The van der Waals surface area contributed by atoms with Gasteiger partial charge in [-0.3, -0.25) is 4.57 Å². The van der Waals surface area contributed by atoms with Crippen LogP contribution in [0.3, 0.4) is 0 Å². The Labute approximate surface area is 208 Å². The van der Waals surface area contributed by atoms with Crippen LogP contribution >= 0.6 is 35.0 Å². The van der Waals surface area contributed by atoms with E-state index in [9.17, 15) is 8.78 Å². The Morgan fingerprint density at radius 2 is 1.65 bits per heavy atom. The average molecular weight is 520 g/mol. The number of fused-ring (bicyclic) bond motifs is 1. The second-order valence-corrected chi connectivity index (χ2v) is 9.37. The number of hydrogen-bond donors (Lipinski definition) is 0. The molecular formula is C24H17Cl2F2N3O2S. The Morgan fingerprint density at radius 3 is 2.41 bits per heavy atom. The Kier molecular flexibility index (Phi) is 6.38. The van der Waals surface area contributed by atoms with Gasteiger partial charge in [-0.15, -0.1) is 10.2 Å². The molecule has 2 heterocycles. The summed E-state index contributed by atoms with van der Waals surface area (Å²) in [4.78, 5) is 0. The zero-order valence-electron chi connectivity index (χ0n) is 17.8. The monoisotopic (exact) mass is 519 g/mol. The molecule has 1 atom stereocenters. The number of nitrogens with zero attached hydrogens (tertiary/aromatic N) is 3. The number of benzene rings is 3. The Morgan fingerprint density at radius 1 is 0.912 bits per heavy atom. The fraction of sp³-hybridized carbons (Fsp3) is 0.167. The predicted molar refractivity (Wildman–Crippen MR) is 127 cm³/mol. The minimum atomic E-state index is -0.444. The van der Waals surface area contributed by atoms with Crippen LogP contribution in [0.5, 0.6) is 11.5 Å². The molecule has 174 valence electrons. The van der Waals surface area contributed by atoms with Crippen LogP contribution in [0.1, 0.15) is 23.9 Å². The van der Waals surface area contributed by atoms with Gasteiger partial charge in [0, 0.05) is 24.1 Å². The van der Waals surface area contributed by atoms with Crippen molar-refractivity contribution in [3.05, 3.63) is 93.2 Å². The molecule has 1 aliphatic heterocycles. The molecule has 34 heavy (non-hydrogen) atoms. The number of halogens is 4. The minimum Gasteiger partial charge on any atom is -0.451 e. The van der Waals surface area contributed by atoms with Gasteiger partial charge in [0.05, 0.1) is 10.7 Å². The molecule has 0 saturated carbocycles. The molecule has 1 aliphatic rings. The average Bonchev–Trinajstić information content (AvgIpc) is 3.35. The lowest BCUT2D eigenvalue weighted by atomic mass is 10.1. The van der Waals surface area contributed by atoms with Gasteiger partial charge in [-0.2, -0.15) is 0 Å². The molecule has 0 saturated heterocycles. The summed E-state index contributed by atoms with van der Waals surface area (Å²) in [6.45, 7) is 1.82. The van der Waals surface area contributed by atoms with Crippen LogP contribution in [0, 0.1) is 11.6 Å². The molecule has 5 rings (SSSR count). The maximum absolute atomic E-state index is 13.7. The van der Waals surface area contributed by atoms with Crippen molar-refractivity contribution in [1.29, 1.82) is 0 Å². The topological polar surface area (TPSA) is 49.2 Å². The normalized spacial score (nSPS) is 14.6. The van der Waals surface area contributed by atoms with Crippen LogP contribution < -0.4 is 9.47 Å². The molecule has 0 bridgehead atoms. The highest BCUT2D eigenvalue weighted by atomic mass is 35.5. The van der Waals surface area contributed by atoms with Gasteiger partial charge in [0.25, 0.3) is 0 Å². The van der Waals surface area contributed by atoms with E-state index >= 15 is 0 Å². The quantitative estimate of drug-likeness (QED) is 0.260. The van der Waals surface area contributed by atoms with E-state index in [1.165, 1.54) is 36.0 Å². The zero-order valence-corrected chi connectivity index (χ0v) is 20.1. The van der Waals surface area contributed by atoms with Gasteiger partial charge in [0.1, 0.15) is 17.5 Å². The molecule has 0 aliphatic carbocycles. The van der Waals surface area contributed by atoms with Gasteiger partial charge in [0.15, 0.2) is 16.7 Å². The summed E-state index contributed by atoms with van der Waals surface area (Å²) in [5.41, 5.74) is 2.23. The van der Waals surface area contributed by atoms with Crippen molar-refractivity contribution in [2.24, 2.45) is 0 Å². The Balaban J connectivity index is 1.49. The fourth-order valence-corrected chi connectivity index (χ4v) is 5.14. The molecule has 0 radical (unpaired) electrons. The highest BCUT2D eigenvalue weighted by Crippen LogP contribution is 2.36. The number of rotatable bonds is 6. The lowest BCUT2D eigenvalue weighted by Gasteiger charge is -2.13. The molecule has 1 aromatic heterocycles. The molecule has 0 amide bonds. The van der Waals surface area contributed by atoms with Gasteiger partial charge >= 0.3 is 0 Å². The first kappa shape index (κ1) is 23.0. The lowest BCUT2D eigenvalue weighted by Crippen LogP contribution is -2.11. The summed E-state index contributed by atoms with van der Waals surface area (Å²) < 4.78 is 40.2. The maximum Gasteiger partial charge on any atom is 0.238 e. The molecule has 4 aromatic rings. The molecule has 0 fully saturated rings. The summed E-state index contributed by atoms with van der Waals surface area (Å²) in [6, 6.07) is 14.1. The van der Waals surface area contributed by atoms with Gasteiger partial charge in [-0.05, 0) is 53.6 Å². The van der Waals surface area contributed by atoms with E-state index < -0.39 is 11.6 Å². The molecule has 3 aromatic carbocycles. The Bertz CT molecular complexity index is 1380. The highest BCUT2D eigenvalue weighted by Gasteiger charge is 2.22. The number of thioether (sulfide) groups is 1. The third kappa shape index (κ3) is 4.71. The summed E-state index contributed by atoms with van der Waals surface area (Å²) in [5, 5.41) is 9.82. The van der Waals surface area contributed by atoms with E-state index in [1.54, 1.807) is 16.7 Å². The largest absolute Gasteiger partial charge is 0.451 e. The smallest absolute Gasteiger partial charge is 0.238 e. The van der Waals surface area contributed by atoms with Gasteiger partial charge in [-0.25, -0.2) is 8.78 Å². The van der Waals surface area contributed by atoms with Gasteiger partial charge in [-0.1, -0.05) is 47.1 Å². The van der Waals surface area contributed by atoms with Gasteiger partial charge < -0.3 is 9.47 Å². The number of aromatic nitrogens is 3. The summed E-state index contributed by atoms with van der Waals surface area (Å²) in [5.74, 6) is 1.54. The molecular weight excluding hydrogens is 503 g/mol. The van der Waals surface area contributed by atoms with Crippen LogP contribution in [0.2, 0.25) is 10.0 Å². The minimum absolute atomic E-state index is 0.224. The first-order chi connectivity index (χ1) is 16.4. The summed E-state index contributed by atoms with van der Waals surface area (Å²) >= 11 is 13.9. The first-order valence-corrected chi connectivity index (χ1v) is 12.0. The van der Waals surface area contributed by atoms with E-state index in [4.69, 9.17) is 32.7 Å². The standard InChI is InChI=1S/C24H17Cl2F2N3O2S/c1-13-32-21-7-2-14(8-22(21)33-13)9-23-29-30-24(31(23)20-6-5-17(28)11-19(20)26)34-12-15-3-4-16(27)10-18(15)25/h2-8,10-11,13H,9,12H2,1H3. The summed E-state index contributed by atoms with van der Waals surface area (Å²) in [6.07, 6.45) is 0.0806. The fourth-order valence-electron chi connectivity index (χ4n) is 3.61. The lowest BCUT2D eigenvalue weighted by molar-refractivity contribution is 0.0678. The second-order valence-electron chi connectivity index (χ2n) is 7.62. The molecule has 0 spiro atoms. The first-order valence-electron chi connectivity index (χ1n) is 10.3. The predicted octanol–water partition coefficient (Wildman–Crippen LogP) is 6.85. The van der Waals surface area contributed by atoms with Crippen molar-refractivity contribution in [3.63, 3.8) is 0 Å². The van der Waals surface area contributed by atoms with Crippen LogP contribution in [0.15, 0.2) is 59.8 Å². The van der Waals surface area contributed by atoms with Crippen molar-refractivity contribution < 1.29 is 18.3 Å². The van der Waals surface area contributed by atoms with Crippen LogP contribution in [-0.2, 0) is 12.2 Å². The van der Waals surface area contributed by atoms with Crippen molar-refractivity contribution in [2.45, 2.75) is 30.5 Å². The van der Waals surface area contributed by atoms with E-state index in [0.717, 1.165) is 11.1 Å². The van der Waals surface area contributed by atoms with Gasteiger partial charge in [0.2, 0.25) is 6.29 Å². The molecule has 10 heteroatoms. The van der Waals surface area contributed by atoms with E-state index in [1.807, 2.05) is 25.1 Å². The SMILES string of the molecule is CC1Oc2ccc(Cc3nnc(SCc4ccc(F)cc4Cl)n3-c3ccc(F)cc3Cl)cc2O1. The summed E-state index contributed by atoms with van der Waals surface area (Å²) in [7, 11) is 0. The van der Waals surface area contributed by atoms with E-state index in [2.05, 4.69) is 10.2 Å². The Hall–Kier alpha value is -2.81. The molecule has 5 nitrogen and oxygen atoms in total. The number of hydrogen-bond acceptors (Lipinski definition) is 5. The van der Waals surface area contributed by atoms with Crippen molar-refractivity contribution in [3.8, 4) is 17.2 Å². The maximum atomic E-state index is 13.7. The number of ether oxygens (including phenoxy) is 2. The van der Waals surface area contributed by atoms with E-state index in [-0.39, 0.29) is 11.3 Å². The second kappa shape index (κ2) is 9.44. The third-order valence-corrected chi connectivity index (χ3v) is 6.81. The van der Waals surface area contributed by atoms with Crippen LogP contribution in [0.4, 0.5) is 8.78 Å². The highest BCUT2D eigenvalue weighted by molar-refractivity contribution is 7.98.